The zero-order valence-corrected chi connectivity index (χ0v) is 13.0. The molecule has 1 aliphatic heterocycles. The van der Waals surface area contributed by atoms with Gasteiger partial charge in [0.15, 0.2) is 9.84 Å². The molecule has 1 aliphatic rings. The second kappa shape index (κ2) is 6.93. The molecule has 0 aliphatic carbocycles. The molecule has 1 aromatic carbocycles. The van der Waals surface area contributed by atoms with Crippen LogP contribution >= 0.6 is 0 Å². The summed E-state index contributed by atoms with van der Waals surface area (Å²) in [7, 11) is -2.96. The second-order valence-corrected chi connectivity index (χ2v) is 7.44. The average molecular weight is 311 g/mol. The van der Waals surface area contributed by atoms with Crippen LogP contribution in [0.25, 0.3) is 0 Å². The summed E-state index contributed by atoms with van der Waals surface area (Å²) in [4.78, 5) is 11.9. The number of benzene rings is 1. The van der Waals surface area contributed by atoms with E-state index in [1.807, 2.05) is 31.2 Å². The quantitative estimate of drug-likeness (QED) is 0.860. The maximum absolute atomic E-state index is 11.9. The largest absolute Gasteiger partial charge is 0.494 e. The van der Waals surface area contributed by atoms with E-state index in [1.165, 1.54) is 0 Å². The van der Waals surface area contributed by atoms with E-state index in [0.29, 0.717) is 25.9 Å². The van der Waals surface area contributed by atoms with Gasteiger partial charge in [-0.1, -0.05) is 18.2 Å². The highest BCUT2D eigenvalue weighted by Crippen LogP contribution is 2.19. The molecule has 0 saturated carbocycles. The van der Waals surface area contributed by atoms with Gasteiger partial charge in [-0.05, 0) is 31.4 Å². The average Bonchev–Trinajstić information content (AvgIpc) is 2.77. The van der Waals surface area contributed by atoms with E-state index in [-0.39, 0.29) is 23.5 Å². The maximum Gasteiger partial charge on any atom is 0.220 e. The third-order valence-corrected chi connectivity index (χ3v) is 5.26. The van der Waals surface area contributed by atoms with E-state index < -0.39 is 9.84 Å². The molecule has 5 nitrogen and oxygen atoms in total. The Balaban J connectivity index is 1.84. The summed E-state index contributed by atoms with van der Waals surface area (Å²) in [5.74, 6) is 0.930. The first-order valence-electron chi connectivity index (χ1n) is 7.20. The maximum atomic E-state index is 11.9. The first-order chi connectivity index (χ1) is 10.00. The van der Waals surface area contributed by atoms with Crippen molar-refractivity contribution in [3.05, 3.63) is 29.8 Å². The van der Waals surface area contributed by atoms with E-state index in [2.05, 4.69) is 5.32 Å². The van der Waals surface area contributed by atoms with Crippen LogP contribution < -0.4 is 10.1 Å². The van der Waals surface area contributed by atoms with E-state index in [1.54, 1.807) is 0 Å². The lowest BCUT2D eigenvalue weighted by Gasteiger charge is -2.12. The van der Waals surface area contributed by atoms with Gasteiger partial charge in [0.25, 0.3) is 0 Å². The lowest BCUT2D eigenvalue weighted by atomic mass is 10.1. The summed E-state index contributed by atoms with van der Waals surface area (Å²) in [5, 5.41) is 2.80. The number of carbonyl (C=O) groups excluding carboxylic acids is 1. The van der Waals surface area contributed by atoms with Crippen LogP contribution in [0.1, 0.15) is 25.3 Å². The summed E-state index contributed by atoms with van der Waals surface area (Å²) in [6, 6.07) is 7.42. The molecule has 1 unspecified atom stereocenters. The minimum Gasteiger partial charge on any atom is -0.494 e. The lowest BCUT2D eigenvalue weighted by molar-refractivity contribution is -0.121. The van der Waals surface area contributed by atoms with Crippen LogP contribution in [-0.2, 0) is 21.1 Å². The zero-order chi connectivity index (χ0) is 15.3. The van der Waals surface area contributed by atoms with Crippen molar-refractivity contribution in [2.45, 2.75) is 32.2 Å². The Hall–Kier alpha value is -1.56. The smallest absolute Gasteiger partial charge is 0.220 e. The fourth-order valence-corrected chi connectivity index (χ4v) is 4.14. The number of ether oxygens (including phenoxy) is 1. The minimum atomic E-state index is -2.96. The summed E-state index contributed by atoms with van der Waals surface area (Å²) in [5.41, 5.74) is 0.994. The third-order valence-electron chi connectivity index (χ3n) is 3.49. The van der Waals surface area contributed by atoms with Gasteiger partial charge in [-0.2, -0.15) is 0 Å². The molecule has 1 N–H and O–H groups in total. The number of aryl methyl sites for hydroxylation is 1. The van der Waals surface area contributed by atoms with Crippen molar-refractivity contribution < 1.29 is 17.9 Å². The molecule has 1 fully saturated rings. The topological polar surface area (TPSA) is 72.5 Å². The van der Waals surface area contributed by atoms with Crippen molar-refractivity contribution >= 4 is 15.7 Å². The van der Waals surface area contributed by atoms with Crippen LogP contribution in [0.5, 0.6) is 5.75 Å². The van der Waals surface area contributed by atoms with Gasteiger partial charge < -0.3 is 10.1 Å². The van der Waals surface area contributed by atoms with Gasteiger partial charge in [0.05, 0.1) is 18.1 Å². The Morgan fingerprint density at radius 3 is 2.81 bits per heavy atom. The van der Waals surface area contributed by atoms with Crippen LogP contribution in [0.15, 0.2) is 24.3 Å². The Morgan fingerprint density at radius 1 is 1.38 bits per heavy atom. The van der Waals surface area contributed by atoms with Crippen molar-refractivity contribution in [1.82, 2.24) is 5.32 Å². The highest BCUT2D eigenvalue weighted by Gasteiger charge is 2.28. The molecule has 6 heteroatoms. The van der Waals surface area contributed by atoms with Crippen LogP contribution in [0.2, 0.25) is 0 Å². The fourth-order valence-electron chi connectivity index (χ4n) is 2.46. The van der Waals surface area contributed by atoms with Crippen LogP contribution in [0, 0.1) is 0 Å². The molecule has 0 radical (unpaired) electrons. The lowest BCUT2D eigenvalue weighted by Crippen LogP contribution is -2.35. The minimum absolute atomic E-state index is 0.0638. The third kappa shape index (κ3) is 4.74. The summed E-state index contributed by atoms with van der Waals surface area (Å²) in [6.45, 7) is 2.51. The Kier molecular flexibility index (Phi) is 5.22. The molecule has 0 spiro atoms. The Bertz CT molecular complexity index is 597. The predicted molar refractivity (Wildman–Crippen MR) is 81.1 cm³/mol. The molecule has 1 atom stereocenters. The standard InChI is InChI=1S/C15H21NO4S/c1-2-20-14-6-4-3-5-12(14)7-8-15(17)16-13-9-10-21(18,19)11-13/h3-6,13H,2,7-11H2,1H3,(H,16,17). The van der Waals surface area contributed by atoms with Crippen molar-refractivity contribution in [2.24, 2.45) is 0 Å². The first kappa shape index (κ1) is 15.8. The number of hydrogen-bond donors (Lipinski definition) is 1. The highest BCUT2D eigenvalue weighted by atomic mass is 32.2. The van der Waals surface area contributed by atoms with Gasteiger partial charge in [-0.25, -0.2) is 8.42 Å². The van der Waals surface area contributed by atoms with E-state index in [4.69, 9.17) is 4.74 Å². The number of amides is 1. The second-order valence-electron chi connectivity index (χ2n) is 5.21. The molecule has 1 aromatic rings. The van der Waals surface area contributed by atoms with Gasteiger partial charge >= 0.3 is 0 Å². The van der Waals surface area contributed by atoms with Gasteiger partial charge in [0, 0.05) is 12.5 Å². The zero-order valence-electron chi connectivity index (χ0n) is 12.2. The molecule has 1 amide bonds. The van der Waals surface area contributed by atoms with Gasteiger partial charge in [0.1, 0.15) is 5.75 Å². The number of sulfone groups is 1. The molecule has 116 valence electrons. The molecule has 21 heavy (non-hydrogen) atoms. The molecule has 1 saturated heterocycles. The molecule has 2 rings (SSSR count). The van der Waals surface area contributed by atoms with E-state index >= 15 is 0 Å². The normalized spacial score (nSPS) is 20.1. The molecular weight excluding hydrogens is 290 g/mol. The van der Waals surface area contributed by atoms with Crippen molar-refractivity contribution in [1.29, 1.82) is 0 Å². The number of carbonyl (C=O) groups is 1. The van der Waals surface area contributed by atoms with Crippen molar-refractivity contribution in [2.75, 3.05) is 18.1 Å². The van der Waals surface area contributed by atoms with E-state index in [9.17, 15) is 13.2 Å². The highest BCUT2D eigenvalue weighted by molar-refractivity contribution is 7.91. The predicted octanol–water partition coefficient (Wildman–Crippen LogP) is 1.32. The Morgan fingerprint density at radius 2 is 2.14 bits per heavy atom. The van der Waals surface area contributed by atoms with Crippen LogP contribution in [-0.4, -0.2) is 38.5 Å². The fraction of sp³-hybridized carbons (Fsp3) is 0.533. The number of hydrogen-bond acceptors (Lipinski definition) is 4. The van der Waals surface area contributed by atoms with Crippen LogP contribution in [0.4, 0.5) is 0 Å². The van der Waals surface area contributed by atoms with Gasteiger partial charge in [-0.3, -0.25) is 4.79 Å². The van der Waals surface area contributed by atoms with Crippen LogP contribution in [0.3, 0.4) is 0 Å². The number of para-hydroxylation sites is 1. The molecule has 0 bridgehead atoms. The summed E-state index contributed by atoms with van der Waals surface area (Å²) >= 11 is 0. The number of rotatable bonds is 6. The summed E-state index contributed by atoms with van der Waals surface area (Å²) < 4.78 is 28.2. The molecular formula is C15H21NO4S. The molecule has 1 heterocycles. The van der Waals surface area contributed by atoms with Crippen molar-refractivity contribution in [3.8, 4) is 5.75 Å². The SMILES string of the molecule is CCOc1ccccc1CCC(=O)NC1CCS(=O)(=O)C1. The van der Waals surface area contributed by atoms with Gasteiger partial charge in [-0.15, -0.1) is 0 Å². The Labute approximate surface area is 125 Å². The van der Waals surface area contributed by atoms with Gasteiger partial charge in [0.2, 0.25) is 5.91 Å². The van der Waals surface area contributed by atoms with Crippen molar-refractivity contribution in [3.63, 3.8) is 0 Å². The first-order valence-corrected chi connectivity index (χ1v) is 9.03. The number of nitrogens with one attached hydrogen (secondary N) is 1. The monoisotopic (exact) mass is 311 g/mol. The summed E-state index contributed by atoms with van der Waals surface area (Å²) in [6.07, 6.45) is 1.44. The van der Waals surface area contributed by atoms with E-state index in [0.717, 1.165) is 11.3 Å². The molecule has 0 aromatic heterocycles.